The average Bonchev–Trinajstić information content (AvgIpc) is 3.22. The second-order valence-electron chi connectivity index (χ2n) is 4.86. The monoisotopic (exact) mass is 269 g/mol. The second-order valence-corrected chi connectivity index (χ2v) is 4.86. The van der Waals surface area contributed by atoms with Gasteiger partial charge in [-0.2, -0.15) is 0 Å². The zero-order valence-corrected chi connectivity index (χ0v) is 11.1. The third-order valence-electron chi connectivity index (χ3n) is 3.05. The van der Waals surface area contributed by atoms with Crippen molar-refractivity contribution < 1.29 is 19.0 Å². The highest BCUT2D eigenvalue weighted by molar-refractivity contribution is 5.48. The number of benzene rings is 1. The van der Waals surface area contributed by atoms with E-state index >= 15 is 0 Å². The minimum atomic E-state index is -0.574. The van der Waals surface area contributed by atoms with Crippen LogP contribution < -0.4 is 10.1 Å². The van der Waals surface area contributed by atoms with Gasteiger partial charge in [-0.3, -0.25) is 0 Å². The van der Waals surface area contributed by atoms with Crippen molar-refractivity contribution in [2.45, 2.75) is 18.9 Å². The molecule has 1 aliphatic rings. The quantitative estimate of drug-likeness (QED) is 0.758. The third-order valence-corrected chi connectivity index (χ3v) is 3.05. The molecule has 2 N–H and O–H groups in total. The molecule has 0 aliphatic heterocycles. The first-order chi connectivity index (χ1) is 9.19. The minimum Gasteiger partial charge on any atom is -0.494 e. The number of nitrogens with one attached hydrogen (secondary N) is 1. The van der Waals surface area contributed by atoms with Gasteiger partial charge in [0.25, 0.3) is 0 Å². The Morgan fingerprint density at radius 3 is 2.95 bits per heavy atom. The van der Waals surface area contributed by atoms with Crippen molar-refractivity contribution in [1.82, 2.24) is 0 Å². The summed E-state index contributed by atoms with van der Waals surface area (Å²) < 4.78 is 23.5. The molecule has 0 heterocycles. The van der Waals surface area contributed by atoms with Gasteiger partial charge < -0.3 is 19.9 Å². The maximum absolute atomic E-state index is 13.2. The van der Waals surface area contributed by atoms with E-state index in [9.17, 15) is 9.50 Å². The Labute approximate surface area is 112 Å². The van der Waals surface area contributed by atoms with Crippen molar-refractivity contribution in [3.8, 4) is 5.75 Å². The van der Waals surface area contributed by atoms with Crippen molar-refractivity contribution in [3.05, 3.63) is 24.0 Å². The van der Waals surface area contributed by atoms with Gasteiger partial charge in [-0.25, -0.2) is 4.39 Å². The molecule has 1 unspecified atom stereocenters. The van der Waals surface area contributed by atoms with Gasteiger partial charge in [0, 0.05) is 24.9 Å². The van der Waals surface area contributed by atoms with E-state index in [2.05, 4.69) is 5.32 Å². The van der Waals surface area contributed by atoms with Crippen molar-refractivity contribution >= 4 is 5.69 Å². The Balaban J connectivity index is 1.70. The maximum Gasteiger partial charge on any atom is 0.165 e. The summed E-state index contributed by atoms with van der Waals surface area (Å²) in [6.07, 6.45) is 1.91. The number of aliphatic hydroxyl groups excluding tert-OH is 1. The first-order valence-electron chi connectivity index (χ1n) is 6.52. The molecular formula is C14H20FNO3. The van der Waals surface area contributed by atoms with Gasteiger partial charge in [0.1, 0.15) is 0 Å². The lowest BCUT2D eigenvalue weighted by Gasteiger charge is -2.14. The van der Waals surface area contributed by atoms with E-state index in [0.29, 0.717) is 24.8 Å². The summed E-state index contributed by atoms with van der Waals surface area (Å²) in [5.41, 5.74) is 0.708. The molecule has 1 fully saturated rings. The molecule has 1 atom stereocenters. The highest BCUT2D eigenvalue weighted by Gasteiger charge is 2.21. The highest BCUT2D eigenvalue weighted by Crippen LogP contribution is 2.28. The predicted molar refractivity (Wildman–Crippen MR) is 71.0 cm³/mol. The summed E-state index contributed by atoms with van der Waals surface area (Å²) in [6.45, 7) is 1.42. The van der Waals surface area contributed by atoms with E-state index in [0.717, 1.165) is 6.61 Å². The second kappa shape index (κ2) is 6.73. The zero-order chi connectivity index (χ0) is 13.7. The Bertz CT molecular complexity index is 410. The molecule has 4 nitrogen and oxygen atoms in total. The molecule has 1 aromatic carbocycles. The van der Waals surface area contributed by atoms with E-state index in [1.54, 1.807) is 12.1 Å². The first kappa shape index (κ1) is 14.1. The van der Waals surface area contributed by atoms with E-state index in [-0.39, 0.29) is 5.75 Å². The Morgan fingerprint density at radius 1 is 1.47 bits per heavy atom. The fraction of sp³-hybridized carbons (Fsp3) is 0.571. The molecular weight excluding hydrogens is 249 g/mol. The zero-order valence-electron chi connectivity index (χ0n) is 11.1. The van der Waals surface area contributed by atoms with Gasteiger partial charge in [0.2, 0.25) is 0 Å². The van der Waals surface area contributed by atoms with E-state index in [1.807, 2.05) is 0 Å². The van der Waals surface area contributed by atoms with Crippen LogP contribution in [0.5, 0.6) is 5.75 Å². The SMILES string of the molecule is COc1cc(NCC(O)COCC2CC2)ccc1F. The van der Waals surface area contributed by atoms with E-state index in [4.69, 9.17) is 9.47 Å². The molecule has 2 rings (SSSR count). The van der Waals surface area contributed by atoms with Gasteiger partial charge in [-0.15, -0.1) is 0 Å². The smallest absolute Gasteiger partial charge is 0.165 e. The lowest BCUT2D eigenvalue weighted by Crippen LogP contribution is -2.25. The number of ether oxygens (including phenoxy) is 2. The summed E-state index contributed by atoms with van der Waals surface area (Å²) in [5.74, 6) is 0.479. The van der Waals surface area contributed by atoms with Crippen LogP contribution >= 0.6 is 0 Å². The average molecular weight is 269 g/mol. The summed E-state index contributed by atoms with van der Waals surface area (Å²) >= 11 is 0. The predicted octanol–water partition coefficient (Wildman–Crippen LogP) is 2.03. The van der Waals surface area contributed by atoms with Gasteiger partial charge in [-0.1, -0.05) is 0 Å². The molecule has 0 saturated heterocycles. The van der Waals surface area contributed by atoms with Gasteiger partial charge in [-0.05, 0) is 30.9 Å². The van der Waals surface area contributed by atoms with Crippen LogP contribution in [0.1, 0.15) is 12.8 Å². The van der Waals surface area contributed by atoms with E-state index in [1.165, 1.54) is 26.0 Å². The Kier molecular flexibility index (Phi) is 4.99. The van der Waals surface area contributed by atoms with Crippen LogP contribution in [0.15, 0.2) is 18.2 Å². The lowest BCUT2D eigenvalue weighted by molar-refractivity contribution is 0.0386. The molecule has 0 amide bonds. The molecule has 5 heteroatoms. The molecule has 1 aromatic rings. The number of hydrogen-bond acceptors (Lipinski definition) is 4. The normalized spacial score (nSPS) is 16.2. The van der Waals surface area contributed by atoms with Crippen LogP contribution in [-0.4, -0.2) is 38.1 Å². The number of hydrogen-bond donors (Lipinski definition) is 2. The summed E-state index contributed by atoms with van der Waals surface area (Å²) in [5, 5.41) is 12.8. The highest BCUT2D eigenvalue weighted by atomic mass is 19.1. The number of aliphatic hydroxyl groups is 1. The molecule has 1 saturated carbocycles. The van der Waals surface area contributed by atoms with Crippen molar-refractivity contribution in [1.29, 1.82) is 0 Å². The molecule has 19 heavy (non-hydrogen) atoms. The van der Waals surface area contributed by atoms with Crippen molar-refractivity contribution in [3.63, 3.8) is 0 Å². The topological polar surface area (TPSA) is 50.7 Å². The Hall–Kier alpha value is -1.33. The fourth-order valence-electron chi connectivity index (χ4n) is 1.72. The molecule has 0 bridgehead atoms. The van der Waals surface area contributed by atoms with Crippen LogP contribution in [0.25, 0.3) is 0 Å². The van der Waals surface area contributed by atoms with Gasteiger partial charge >= 0.3 is 0 Å². The first-order valence-corrected chi connectivity index (χ1v) is 6.52. The van der Waals surface area contributed by atoms with Gasteiger partial charge in [0.15, 0.2) is 11.6 Å². The van der Waals surface area contributed by atoms with E-state index < -0.39 is 11.9 Å². The molecule has 0 spiro atoms. The number of rotatable bonds is 8. The molecule has 0 aromatic heterocycles. The standard InChI is InChI=1S/C14H20FNO3/c1-18-14-6-11(4-5-13(14)15)16-7-12(17)9-19-8-10-2-3-10/h4-6,10,12,16-17H,2-3,7-9H2,1H3. The fourth-order valence-corrected chi connectivity index (χ4v) is 1.72. The van der Waals surface area contributed by atoms with Crippen molar-refractivity contribution in [2.24, 2.45) is 5.92 Å². The largest absolute Gasteiger partial charge is 0.494 e. The lowest BCUT2D eigenvalue weighted by atomic mass is 10.2. The number of halogens is 1. The van der Waals surface area contributed by atoms with Crippen molar-refractivity contribution in [2.75, 3.05) is 32.2 Å². The summed E-state index contributed by atoms with van der Waals surface area (Å²) in [7, 11) is 1.42. The molecule has 106 valence electrons. The van der Waals surface area contributed by atoms with Gasteiger partial charge in [0.05, 0.1) is 19.8 Å². The molecule has 0 radical (unpaired) electrons. The Morgan fingerprint density at radius 2 is 2.26 bits per heavy atom. The number of methoxy groups -OCH3 is 1. The minimum absolute atomic E-state index is 0.185. The van der Waals surface area contributed by atoms with Crippen LogP contribution in [0.3, 0.4) is 0 Å². The number of anilines is 1. The van der Waals surface area contributed by atoms with Crippen LogP contribution in [-0.2, 0) is 4.74 Å². The van der Waals surface area contributed by atoms with Crippen LogP contribution in [0.4, 0.5) is 10.1 Å². The maximum atomic E-state index is 13.2. The van der Waals surface area contributed by atoms with Crippen LogP contribution in [0, 0.1) is 11.7 Å². The summed E-state index contributed by atoms with van der Waals surface area (Å²) in [6, 6.07) is 4.50. The molecule has 1 aliphatic carbocycles. The third kappa shape index (κ3) is 4.69. The van der Waals surface area contributed by atoms with Crippen LogP contribution in [0.2, 0.25) is 0 Å². The summed E-state index contributed by atoms with van der Waals surface area (Å²) in [4.78, 5) is 0.